The van der Waals surface area contributed by atoms with E-state index in [1.165, 1.54) is 0 Å². The predicted molar refractivity (Wildman–Crippen MR) is 99.6 cm³/mol. The smallest absolute Gasteiger partial charge is 0.255 e. The second kappa shape index (κ2) is 7.57. The van der Waals surface area contributed by atoms with Crippen molar-refractivity contribution < 1.29 is 14.3 Å². The van der Waals surface area contributed by atoms with Gasteiger partial charge in [-0.2, -0.15) is 0 Å². The Kier molecular flexibility index (Phi) is 5.03. The summed E-state index contributed by atoms with van der Waals surface area (Å²) in [5.74, 6) is -0.333. The number of nitrogens with two attached hydrogens (primary N) is 1. The minimum absolute atomic E-state index is 0.213. The maximum absolute atomic E-state index is 12.6. The van der Waals surface area contributed by atoms with Crippen LogP contribution in [0.3, 0.4) is 0 Å². The molecule has 26 heavy (non-hydrogen) atoms. The highest BCUT2D eigenvalue weighted by Gasteiger charge is 2.10. The number of carbonyl (C=O) groups excluding carboxylic acids is 2. The van der Waals surface area contributed by atoms with Crippen molar-refractivity contribution in [1.82, 2.24) is 4.57 Å². The molecule has 0 bridgehead atoms. The number of anilines is 1. The standard InChI is InChI=1S/C20H19N3O3/c1-14-7-8-15(11-18(14)23-9-2-3-10-23)20(25)22-16-5-4-6-17(12-16)26-13-19(21)24/h2-12H,13H2,1H3,(H2,21,24)(H,22,25). The van der Waals surface area contributed by atoms with Gasteiger partial charge in [-0.25, -0.2) is 0 Å². The van der Waals surface area contributed by atoms with E-state index in [2.05, 4.69) is 5.32 Å². The molecule has 0 atom stereocenters. The van der Waals surface area contributed by atoms with Gasteiger partial charge < -0.3 is 20.4 Å². The number of ether oxygens (including phenoxy) is 1. The second-order valence-electron chi connectivity index (χ2n) is 5.83. The highest BCUT2D eigenvalue weighted by atomic mass is 16.5. The van der Waals surface area contributed by atoms with Gasteiger partial charge in [-0.15, -0.1) is 0 Å². The molecule has 2 amide bonds. The maximum atomic E-state index is 12.6. The van der Waals surface area contributed by atoms with E-state index in [0.717, 1.165) is 11.3 Å². The van der Waals surface area contributed by atoms with E-state index >= 15 is 0 Å². The van der Waals surface area contributed by atoms with Crippen molar-refractivity contribution in [3.05, 3.63) is 78.1 Å². The Morgan fingerprint density at radius 1 is 1.08 bits per heavy atom. The lowest BCUT2D eigenvalue weighted by atomic mass is 10.1. The van der Waals surface area contributed by atoms with Crippen LogP contribution in [0.25, 0.3) is 5.69 Å². The molecule has 0 aliphatic rings. The minimum atomic E-state index is -0.559. The van der Waals surface area contributed by atoms with Crippen molar-refractivity contribution in [2.24, 2.45) is 5.73 Å². The third kappa shape index (κ3) is 4.10. The number of amides is 2. The Bertz CT molecular complexity index is 933. The molecule has 0 aliphatic heterocycles. The van der Waals surface area contributed by atoms with Gasteiger partial charge in [-0.05, 0) is 48.9 Å². The highest BCUT2D eigenvalue weighted by molar-refractivity contribution is 6.04. The Morgan fingerprint density at radius 2 is 1.85 bits per heavy atom. The third-order valence-corrected chi connectivity index (χ3v) is 3.83. The lowest BCUT2D eigenvalue weighted by Gasteiger charge is -2.11. The van der Waals surface area contributed by atoms with E-state index in [1.807, 2.05) is 48.1 Å². The molecule has 0 aliphatic carbocycles. The number of aryl methyl sites for hydroxylation is 1. The van der Waals surface area contributed by atoms with Crippen molar-refractivity contribution >= 4 is 17.5 Å². The van der Waals surface area contributed by atoms with Crippen molar-refractivity contribution in [3.63, 3.8) is 0 Å². The van der Waals surface area contributed by atoms with Crippen LogP contribution in [0.15, 0.2) is 67.0 Å². The molecule has 3 N–H and O–H groups in total. The fourth-order valence-corrected chi connectivity index (χ4v) is 2.55. The van der Waals surface area contributed by atoms with Gasteiger partial charge in [0.2, 0.25) is 0 Å². The first-order valence-corrected chi connectivity index (χ1v) is 8.09. The van der Waals surface area contributed by atoms with Crippen molar-refractivity contribution in [2.75, 3.05) is 11.9 Å². The molecular formula is C20H19N3O3. The van der Waals surface area contributed by atoms with Crippen LogP contribution in [0.2, 0.25) is 0 Å². The molecule has 0 fully saturated rings. The summed E-state index contributed by atoms with van der Waals surface area (Å²) in [5, 5.41) is 2.83. The minimum Gasteiger partial charge on any atom is -0.484 e. The molecule has 0 unspecified atom stereocenters. The van der Waals surface area contributed by atoms with Crippen molar-refractivity contribution in [1.29, 1.82) is 0 Å². The number of aromatic nitrogens is 1. The van der Waals surface area contributed by atoms with Gasteiger partial charge in [0.25, 0.3) is 11.8 Å². The zero-order valence-electron chi connectivity index (χ0n) is 14.3. The molecular weight excluding hydrogens is 330 g/mol. The number of nitrogens with zero attached hydrogens (tertiary/aromatic N) is 1. The second-order valence-corrected chi connectivity index (χ2v) is 5.83. The Balaban J connectivity index is 1.77. The Morgan fingerprint density at radius 3 is 2.58 bits per heavy atom. The molecule has 0 spiro atoms. The Hall–Kier alpha value is -3.54. The molecule has 3 rings (SSSR count). The maximum Gasteiger partial charge on any atom is 0.255 e. The van der Waals surface area contributed by atoms with Crippen LogP contribution in [-0.4, -0.2) is 23.0 Å². The van der Waals surface area contributed by atoms with E-state index in [0.29, 0.717) is 17.0 Å². The number of rotatable bonds is 6. The van der Waals surface area contributed by atoms with E-state index in [9.17, 15) is 9.59 Å². The number of primary amides is 1. The van der Waals surface area contributed by atoms with Gasteiger partial charge in [0.1, 0.15) is 5.75 Å². The van der Waals surface area contributed by atoms with Crippen LogP contribution in [0.4, 0.5) is 5.69 Å². The third-order valence-electron chi connectivity index (χ3n) is 3.83. The number of hydrogen-bond acceptors (Lipinski definition) is 3. The van der Waals surface area contributed by atoms with E-state index in [-0.39, 0.29) is 12.5 Å². The predicted octanol–water partition coefficient (Wildman–Crippen LogP) is 2.90. The van der Waals surface area contributed by atoms with E-state index < -0.39 is 5.91 Å². The first-order valence-electron chi connectivity index (χ1n) is 8.09. The molecule has 6 nitrogen and oxygen atoms in total. The molecule has 1 aromatic heterocycles. The van der Waals surface area contributed by atoms with E-state index in [4.69, 9.17) is 10.5 Å². The normalized spacial score (nSPS) is 10.3. The monoisotopic (exact) mass is 349 g/mol. The number of nitrogens with one attached hydrogen (secondary N) is 1. The molecule has 0 radical (unpaired) electrons. The van der Waals surface area contributed by atoms with Crippen LogP contribution >= 0.6 is 0 Å². The summed E-state index contributed by atoms with van der Waals surface area (Å²) >= 11 is 0. The zero-order valence-corrected chi connectivity index (χ0v) is 14.3. The topological polar surface area (TPSA) is 86.3 Å². The van der Waals surface area contributed by atoms with Gasteiger partial charge in [0.05, 0.1) is 0 Å². The fraction of sp³-hybridized carbons (Fsp3) is 0.100. The lowest BCUT2D eigenvalue weighted by Crippen LogP contribution is -2.20. The summed E-state index contributed by atoms with van der Waals surface area (Å²) in [6.45, 7) is 1.78. The van der Waals surface area contributed by atoms with Gasteiger partial charge in [-0.1, -0.05) is 12.1 Å². The van der Waals surface area contributed by atoms with Gasteiger partial charge in [0, 0.05) is 35.4 Å². The number of hydrogen-bond donors (Lipinski definition) is 2. The summed E-state index contributed by atoms with van der Waals surface area (Å²) in [7, 11) is 0. The van der Waals surface area contributed by atoms with Crippen LogP contribution in [0.1, 0.15) is 15.9 Å². The first kappa shape index (κ1) is 17.3. The van der Waals surface area contributed by atoms with Crippen molar-refractivity contribution in [2.45, 2.75) is 6.92 Å². The van der Waals surface area contributed by atoms with Crippen molar-refractivity contribution in [3.8, 4) is 11.4 Å². The van der Waals surface area contributed by atoms with Crippen LogP contribution in [-0.2, 0) is 4.79 Å². The largest absolute Gasteiger partial charge is 0.484 e. The summed E-state index contributed by atoms with van der Waals surface area (Å²) < 4.78 is 7.21. The Labute approximate surface area is 151 Å². The molecule has 1 heterocycles. The zero-order chi connectivity index (χ0) is 18.5. The lowest BCUT2D eigenvalue weighted by molar-refractivity contribution is -0.119. The van der Waals surface area contributed by atoms with Crippen LogP contribution < -0.4 is 15.8 Å². The molecule has 132 valence electrons. The first-order chi connectivity index (χ1) is 12.5. The number of carbonyl (C=O) groups is 2. The highest BCUT2D eigenvalue weighted by Crippen LogP contribution is 2.20. The van der Waals surface area contributed by atoms with Gasteiger partial charge in [-0.3, -0.25) is 9.59 Å². The fourth-order valence-electron chi connectivity index (χ4n) is 2.55. The summed E-state index contributed by atoms with van der Waals surface area (Å²) in [6, 6.07) is 16.2. The molecule has 0 saturated heterocycles. The SMILES string of the molecule is Cc1ccc(C(=O)Nc2cccc(OCC(N)=O)c2)cc1-n1cccc1. The molecule has 3 aromatic rings. The molecule has 2 aromatic carbocycles. The van der Waals surface area contributed by atoms with Crippen LogP contribution in [0.5, 0.6) is 5.75 Å². The van der Waals surface area contributed by atoms with E-state index in [1.54, 1.807) is 30.3 Å². The number of benzene rings is 2. The average Bonchev–Trinajstić information content (AvgIpc) is 3.15. The summed E-state index contributed by atoms with van der Waals surface area (Å²) in [5.41, 5.74) is 8.19. The van der Waals surface area contributed by atoms with Gasteiger partial charge >= 0.3 is 0 Å². The van der Waals surface area contributed by atoms with Gasteiger partial charge in [0.15, 0.2) is 6.61 Å². The summed E-state index contributed by atoms with van der Waals surface area (Å²) in [6.07, 6.45) is 3.87. The molecule has 0 saturated carbocycles. The quantitative estimate of drug-likeness (QED) is 0.717. The molecule has 6 heteroatoms. The summed E-state index contributed by atoms with van der Waals surface area (Å²) in [4.78, 5) is 23.4. The van der Waals surface area contributed by atoms with Crippen LogP contribution in [0, 0.1) is 6.92 Å². The average molecular weight is 349 g/mol.